The van der Waals surface area contributed by atoms with E-state index in [0.29, 0.717) is 19.4 Å². The summed E-state index contributed by atoms with van der Waals surface area (Å²) in [6, 6.07) is -0.382. The third-order valence-corrected chi connectivity index (χ3v) is 3.67. The van der Waals surface area contributed by atoms with Gasteiger partial charge in [0.1, 0.15) is 5.54 Å². The third kappa shape index (κ3) is 4.20. The molecule has 0 bridgehead atoms. The molecule has 18 heavy (non-hydrogen) atoms. The van der Waals surface area contributed by atoms with Crippen molar-refractivity contribution in [3.8, 4) is 0 Å². The van der Waals surface area contributed by atoms with Gasteiger partial charge >= 0.3 is 12.0 Å². The summed E-state index contributed by atoms with van der Waals surface area (Å²) in [6.07, 6.45) is 5.94. The molecule has 1 unspecified atom stereocenters. The minimum atomic E-state index is -1.17. The van der Waals surface area contributed by atoms with Gasteiger partial charge in [-0.2, -0.15) is 0 Å². The molecule has 1 atom stereocenters. The van der Waals surface area contributed by atoms with Crippen LogP contribution in [0.2, 0.25) is 0 Å². The molecule has 1 fully saturated rings. The summed E-state index contributed by atoms with van der Waals surface area (Å²) in [5.74, 6) is -0.245. The van der Waals surface area contributed by atoms with Crippen LogP contribution in [0, 0.1) is 5.92 Å². The Hall–Kier alpha value is -1.26. The van der Waals surface area contributed by atoms with Crippen LogP contribution in [0.15, 0.2) is 0 Å². The summed E-state index contributed by atoms with van der Waals surface area (Å²) in [5.41, 5.74) is -1.17. The van der Waals surface area contributed by atoms with Gasteiger partial charge in [-0.3, -0.25) is 0 Å². The molecule has 5 heteroatoms. The van der Waals surface area contributed by atoms with Crippen LogP contribution >= 0.6 is 0 Å². The van der Waals surface area contributed by atoms with Crippen molar-refractivity contribution in [1.29, 1.82) is 0 Å². The number of carboxylic acids is 1. The molecule has 0 radical (unpaired) electrons. The molecule has 2 amide bonds. The Morgan fingerprint density at radius 3 is 2.50 bits per heavy atom. The zero-order valence-corrected chi connectivity index (χ0v) is 11.3. The molecular formula is C13H24N2O3. The fraction of sp³-hybridized carbons (Fsp3) is 0.846. The first-order chi connectivity index (χ1) is 8.48. The quantitative estimate of drug-likeness (QED) is 0.653. The van der Waals surface area contributed by atoms with E-state index < -0.39 is 11.5 Å². The van der Waals surface area contributed by atoms with E-state index >= 15 is 0 Å². The molecule has 1 rings (SSSR count). The van der Waals surface area contributed by atoms with Gasteiger partial charge in [0.05, 0.1) is 0 Å². The van der Waals surface area contributed by atoms with Gasteiger partial charge in [-0.15, -0.1) is 0 Å². The minimum Gasteiger partial charge on any atom is -0.480 e. The number of aliphatic carboxylic acids is 1. The molecule has 0 aromatic heterocycles. The van der Waals surface area contributed by atoms with Gasteiger partial charge in [-0.25, -0.2) is 9.59 Å². The molecule has 0 aromatic carbocycles. The molecule has 104 valence electrons. The van der Waals surface area contributed by atoms with E-state index in [1.165, 1.54) is 19.3 Å². The van der Waals surface area contributed by atoms with Crippen molar-refractivity contribution >= 4 is 12.0 Å². The standard InChI is InChI=1S/C13H24N2O3/c1-3-8-13(2,11(16)17)15-12(18)14-9-7-10-5-4-6-10/h10H,3-9H2,1-2H3,(H,16,17)(H2,14,15,18). The second-order valence-corrected chi connectivity index (χ2v) is 5.35. The summed E-state index contributed by atoms with van der Waals surface area (Å²) in [6.45, 7) is 4.07. The second-order valence-electron chi connectivity index (χ2n) is 5.35. The van der Waals surface area contributed by atoms with Crippen LogP contribution in [0.3, 0.4) is 0 Å². The van der Waals surface area contributed by atoms with Crippen LogP contribution in [0.5, 0.6) is 0 Å². The molecule has 1 saturated carbocycles. The summed E-state index contributed by atoms with van der Waals surface area (Å²) < 4.78 is 0. The van der Waals surface area contributed by atoms with Crippen LogP contribution < -0.4 is 10.6 Å². The summed E-state index contributed by atoms with van der Waals surface area (Å²) in [7, 11) is 0. The van der Waals surface area contributed by atoms with Crippen molar-refractivity contribution in [1.82, 2.24) is 10.6 Å². The highest BCUT2D eigenvalue weighted by Gasteiger charge is 2.33. The lowest BCUT2D eigenvalue weighted by Crippen LogP contribution is -2.55. The molecule has 0 heterocycles. The van der Waals surface area contributed by atoms with E-state index in [9.17, 15) is 9.59 Å². The van der Waals surface area contributed by atoms with Crippen molar-refractivity contribution < 1.29 is 14.7 Å². The number of rotatable bonds is 7. The first-order valence-electron chi connectivity index (χ1n) is 6.77. The zero-order chi connectivity index (χ0) is 13.6. The largest absolute Gasteiger partial charge is 0.480 e. The molecule has 0 aliphatic heterocycles. The Balaban J connectivity index is 2.29. The number of carbonyl (C=O) groups is 2. The lowest BCUT2D eigenvalue weighted by atomic mass is 9.83. The minimum absolute atomic E-state index is 0.382. The lowest BCUT2D eigenvalue weighted by molar-refractivity contribution is -0.144. The highest BCUT2D eigenvalue weighted by atomic mass is 16.4. The molecule has 1 aliphatic carbocycles. The number of carboxylic acid groups (broad SMARTS) is 1. The molecule has 5 nitrogen and oxygen atoms in total. The Bertz CT molecular complexity index is 303. The van der Waals surface area contributed by atoms with Crippen molar-refractivity contribution in [2.24, 2.45) is 5.92 Å². The van der Waals surface area contributed by atoms with Gasteiger partial charge in [0.2, 0.25) is 0 Å². The van der Waals surface area contributed by atoms with E-state index in [4.69, 9.17) is 5.11 Å². The third-order valence-electron chi connectivity index (χ3n) is 3.67. The van der Waals surface area contributed by atoms with Crippen LogP contribution in [-0.4, -0.2) is 29.2 Å². The number of nitrogens with one attached hydrogen (secondary N) is 2. The molecule has 0 aromatic rings. The van der Waals surface area contributed by atoms with Crippen LogP contribution in [0.4, 0.5) is 4.79 Å². The van der Waals surface area contributed by atoms with Crippen LogP contribution in [0.1, 0.15) is 52.4 Å². The van der Waals surface area contributed by atoms with Gasteiger partial charge in [0.15, 0.2) is 0 Å². The number of hydrogen-bond donors (Lipinski definition) is 3. The van der Waals surface area contributed by atoms with Crippen LogP contribution in [0.25, 0.3) is 0 Å². The summed E-state index contributed by atoms with van der Waals surface area (Å²) in [5, 5.41) is 14.4. The average molecular weight is 256 g/mol. The van der Waals surface area contributed by atoms with Crippen molar-refractivity contribution in [2.45, 2.75) is 57.9 Å². The Labute approximate surface area is 108 Å². The SMILES string of the molecule is CCCC(C)(NC(=O)NCCC1CCC1)C(=O)O. The Morgan fingerprint density at radius 2 is 2.06 bits per heavy atom. The number of amides is 2. The van der Waals surface area contributed by atoms with Gasteiger partial charge in [0.25, 0.3) is 0 Å². The fourth-order valence-electron chi connectivity index (χ4n) is 2.19. The van der Waals surface area contributed by atoms with E-state index in [-0.39, 0.29) is 6.03 Å². The first-order valence-corrected chi connectivity index (χ1v) is 6.77. The normalized spacial score (nSPS) is 18.6. The van der Waals surface area contributed by atoms with Gasteiger partial charge in [-0.05, 0) is 25.7 Å². The zero-order valence-electron chi connectivity index (χ0n) is 11.3. The molecule has 3 N–H and O–H groups in total. The van der Waals surface area contributed by atoms with Crippen LogP contribution in [-0.2, 0) is 4.79 Å². The average Bonchev–Trinajstić information content (AvgIpc) is 2.21. The summed E-state index contributed by atoms with van der Waals surface area (Å²) >= 11 is 0. The lowest BCUT2D eigenvalue weighted by Gasteiger charge is -2.27. The highest BCUT2D eigenvalue weighted by Crippen LogP contribution is 2.28. The number of carbonyl (C=O) groups excluding carboxylic acids is 1. The van der Waals surface area contributed by atoms with E-state index in [2.05, 4.69) is 10.6 Å². The first kappa shape index (κ1) is 14.8. The smallest absolute Gasteiger partial charge is 0.329 e. The number of urea groups is 1. The topological polar surface area (TPSA) is 78.4 Å². The Morgan fingerprint density at radius 1 is 1.39 bits per heavy atom. The second kappa shape index (κ2) is 6.61. The molecule has 0 saturated heterocycles. The van der Waals surface area contributed by atoms with E-state index in [0.717, 1.165) is 12.3 Å². The highest BCUT2D eigenvalue weighted by molar-refractivity contribution is 5.85. The molecular weight excluding hydrogens is 232 g/mol. The Kier molecular flexibility index (Phi) is 5.44. The maximum atomic E-state index is 11.6. The molecule has 0 spiro atoms. The summed E-state index contributed by atoms with van der Waals surface area (Å²) in [4.78, 5) is 22.8. The maximum absolute atomic E-state index is 11.6. The van der Waals surface area contributed by atoms with E-state index in [1.54, 1.807) is 6.92 Å². The van der Waals surface area contributed by atoms with Crippen molar-refractivity contribution in [3.05, 3.63) is 0 Å². The maximum Gasteiger partial charge on any atom is 0.329 e. The van der Waals surface area contributed by atoms with E-state index in [1.807, 2.05) is 6.92 Å². The van der Waals surface area contributed by atoms with Gasteiger partial charge in [-0.1, -0.05) is 32.6 Å². The van der Waals surface area contributed by atoms with Crippen molar-refractivity contribution in [2.75, 3.05) is 6.54 Å². The van der Waals surface area contributed by atoms with Crippen molar-refractivity contribution in [3.63, 3.8) is 0 Å². The monoisotopic (exact) mass is 256 g/mol. The predicted molar refractivity (Wildman–Crippen MR) is 69.4 cm³/mol. The number of hydrogen-bond acceptors (Lipinski definition) is 2. The van der Waals surface area contributed by atoms with Gasteiger partial charge in [0, 0.05) is 6.54 Å². The molecule has 1 aliphatic rings. The van der Waals surface area contributed by atoms with Gasteiger partial charge < -0.3 is 15.7 Å². The fourth-order valence-corrected chi connectivity index (χ4v) is 2.19. The predicted octanol–water partition coefficient (Wildman–Crippen LogP) is 2.12.